The van der Waals surface area contributed by atoms with Gasteiger partial charge in [-0.25, -0.2) is 18.2 Å². The molecule has 2 aromatic rings. The summed E-state index contributed by atoms with van der Waals surface area (Å²) in [4.78, 5) is 22.0. The van der Waals surface area contributed by atoms with Gasteiger partial charge in [-0.05, 0) is 30.3 Å². The van der Waals surface area contributed by atoms with Crippen LogP contribution in [0.4, 0.5) is 10.1 Å². The molecule has 0 bridgehead atoms. The van der Waals surface area contributed by atoms with Gasteiger partial charge in [0.05, 0.1) is 28.1 Å². The molecule has 0 unspecified atom stereocenters. The molecule has 11 heteroatoms. The highest BCUT2D eigenvalue weighted by Crippen LogP contribution is 2.15. The zero-order valence-corrected chi connectivity index (χ0v) is 14.9. The summed E-state index contributed by atoms with van der Waals surface area (Å²) in [5, 5.41) is 14.5. The molecule has 0 spiro atoms. The number of carbonyl (C=O) groups excluding carboxylic acids is 1. The third-order valence-corrected chi connectivity index (χ3v) is 5.23. The molecule has 2 rings (SSSR count). The number of para-hydroxylation sites is 1. The topological polar surface area (TPSA) is 122 Å². The number of rotatable bonds is 7. The van der Waals surface area contributed by atoms with Crippen molar-refractivity contribution in [2.75, 3.05) is 13.6 Å². The van der Waals surface area contributed by atoms with Crippen LogP contribution in [-0.4, -0.2) is 43.4 Å². The van der Waals surface area contributed by atoms with E-state index in [0.717, 1.165) is 34.8 Å². The first kappa shape index (κ1) is 20.1. The molecule has 0 aliphatic carbocycles. The van der Waals surface area contributed by atoms with Crippen molar-refractivity contribution in [3.05, 3.63) is 70.0 Å². The smallest absolute Gasteiger partial charge is 0.272 e. The SMILES string of the molecule is CN(CC(=O)N/N=C\c1ccccc1[N+](=O)[O-])S(=O)(=O)c1ccc(F)cc1. The van der Waals surface area contributed by atoms with Gasteiger partial charge in [-0.1, -0.05) is 12.1 Å². The summed E-state index contributed by atoms with van der Waals surface area (Å²) in [5.41, 5.74) is 2.09. The van der Waals surface area contributed by atoms with Gasteiger partial charge >= 0.3 is 0 Å². The minimum Gasteiger partial charge on any atom is -0.272 e. The Morgan fingerprint density at radius 2 is 1.89 bits per heavy atom. The first-order valence-electron chi connectivity index (χ1n) is 7.49. The molecule has 9 nitrogen and oxygen atoms in total. The number of carbonyl (C=O) groups is 1. The molecule has 0 radical (unpaired) electrons. The van der Waals surface area contributed by atoms with Gasteiger partial charge in [-0.15, -0.1) is 0 Å². The number of hydrazone groups is 1. The van der Waals surface area contributed by atoms with Crippen LogP contribution >= 0.6 is 0 Å². The number of amides is 1. The molecule has 0 saturated carbocycles. The number of nitrogens with zero attached hydrogens (tertiary/aromatic N) is 3. The largest absolute Gasteiger partial charge is 0.278 e. The molecule has 1 N–H and O–H groups in total. The maximum absolute atomic E-state index is 12.9. The van der Waals surface area contributed by atoms with Crippen molar-refractivity contribution in [2.24, 2.45) is 5.10 Å². The van der Waals surface area contributed by atoms with Crippen molar-refractivity contribution in [3.8, 4) is 0 Å². The van der Waals surface area contributed by atoms with E-state index in [0.29, 0.717) is 0 Å². The minimum absolute atomic E-state index is 0.164. The van der Waals surface area contributed by atoms with E-state index in [-0.39, 0.29) is 16.1 Å². The fourth-order valence-corrected chi connectivity index (χ4v) is 3.17. The lowest BCUT2D eigenvalue weighted by atomic mass is 10.2. The number of likely N-dealkylation sites (N-methyl/N-ethyl adjacent to an activating group) is 1. The van der Waals surface area contributed by atoms with Crippen LogP contribution in [0.5, 0.6) is 0 Å². The maximum atomic E-state index is 12.9. The highest BCUT2D eigenvalue weighted by molar-refractivity contribution is 7.89. The van der Waals surface area contributed by atoms with Gasteiger partial charge in [-0.3, -0.25) is 14.9 Å². The van der Waals surface area contributed by atoms with Crippen molar-refractivity contribution in [3.63, 3.8) is 0 Å². The van der Waals surface area contributed by atoms with E-state index in [1.54, 1.807) is 6.07 Å². The number of hydrogen-bond acceptors (Lipinski definition) is 6. The number of sulfonamides is 1. The molecule has 1 amide bonds. The van der Waals surface area contributed by atoms with Gasteiger partial charge in [0.25, 0.3) is 11.6 Å². The van der Waals surface area contributed by atoms with Gasteiger partial charge in [0.1, 0.15) is 5.82 Å². The predicted molar refractivity (Wildman–Crippen MR) is 95.0 cm³/mol. The van der Waals surface area contributed by atoms with Crippen molar-refractivity contribution in [1.29, 1.82) is 0 Å². The van der Waals surface area contributed by atoms with Crippen LogP contribution in [-0.2, 0) is 14.8 Å². The average molecular weight is 394 g/mol. The second-order valence-electron chi connectivity index (χ2n) is 5.32. The van der Waals surface area contributed by atoms with Crippen molar-refractivity contribution in [2.45, 2.75) is 4.90 Å². The second kappa shape index (κ2) is 8.47. The molecule has 0 heterocycles. The molecular formula is C16H15FN4O5S. The molecular weight excluding hydrogens is 379 g/mol. The van der Waals surface area contributed by atoms with E-state index < -0.39 is 33.2 Å². The van der Waals surface area contributed by atoms with Crippen LogP contribution in [0.1, 0.15) is 5.56 Å². The van der Waals surface area contributed by atoms with E-state index in [4.69, 9.17) is 0 Å². The molecule has 0 aliphatic rings. The van der Waals surface area contributed by atoms with E-state index in [1.165, 1.54) is 25.2 Å². The fourth-order valence-electron chi connectivity index (χ4n) is 2.05. The average Bonchev–Trinajstić information content (AvgIpc) is 2.62. The van der Waals surface area contributed by atoms with E-state index in [2.05, 4.69) is 10.5 Å². The fraction of sp³-hybridized carbons (Fsp3) is 0.125. The quantitative estimate of drug-likeness (QED) is 0.433. The minimum atomic E-state index is -3.98. The van der Waals surface area contributed by atoms with Crippen LogP contribution in [0.15, 0.2) is 58.5 Å². The van der Waals surface area contributed by atoms with Gasteiger partial charge in [0.2, 0.25) is 10.0 Å². The summed E-state index contributed by atoms with van der Waals surface area (Å²) in [6.45, 7) is -0.548. The number of nitro benzene ring substituents is 1. The molecule has 0 aliphatic heterocycles. The number of nitrogens with one attached hydrogen (secondary N) is 1. The predicted octanol–water partition coefficient (Wildman–Crippen LogP) is 1.50. The van der Waals surface area contributed by atoms with Gasteiger partial charge in [0, 0.05) is 13.1 Å². The Labute approximate surface area is 154 Å². The van der Waals surface area contributed by atoms with E-state index in [9.17, 15) is 27.7 Å². The zero-order chi connectivity index (χ0) is 20.0. The summed E-state index contributed by atoms with van der Waals surface area (Å²) >= 11 is 0. The summed E-state index contributed by atoms with van der Waals surface area (Å²) in [6.07, 6.45) is 1.09. The number of nitro groups is 1. The van der Waals surface area contributed by atoms with E-state index in [1.807, 2.05) is 0 Å². The van der Waals surface area contributed by atoms with Crippen LogP contribution < -0.4 is 5.43 Å². The Morgan fingerprint density at radius 1 is 1.26 bits per heavy atom. The third-order valence-electron chi connectivity index (χ3n) is 3.41. The third kappa shape index (κ3) is 5.15. The molecule has 2 aromatic carbocycles. The summed E-state index contributed by atoms with van der Waals surface area (Å²) in [5.74, 6) is -1.34. The first-order chi connectivity index (χ1) is 12.7. The molecule has 0 aromatic heterocycles. The number of halogens is 1. The first-order valence-corrected chi connectivity index (χ1v) is 8.93. The second-order valence-corrected chi connectivity index (χ2v) is 7.37. The zero-order valence-electron chi connectivity index (χ0n) is 14.1. The molecule has 0 saturated heterocycles. The Kier molecular flexibility index (Phi) is 6.32. The summed E-state index contributed by atoms with van der Waals surface area (Å²) in [6, 6.07) is 9.96. The molecule has 142 valence electrons. The normalized spacial score (nSPS) is 11.7. The van der Waals surface area contributed by atoms with Crippen molar-refractivity contribution < 1.29 is 22.5 Å². The summed E-state index contributed by atoms with van der Waals surface area (Å²) in [7, 11) is -2.80. The molecule has 27 heavy (non-hydrogen) atoms. The molecule has 0 atom stereocenters. The van der Waals surface area contributed by atoms with Gasteiger partial charge < -0.3 is 0 Å². The number of hydrogen-bond donors (Lipinski definition) is 1. The van der Waals surface area contributed by atoms with Crippen LogP contribution in [0, 0.1) is 15.9 Å². The van der Waals surface area contributed by atoms with Crippen molar-refractivity contribution >= 4 is 27.8 Å². The van der Waals surface area contributed by atoms with Gasteiger partial charge in [0.15, 0.2) is 0 Å². The van der Waals surface area contributed by atoms with E-state index >= 15 is 0 Å². The highest BCUT2D eigenvalue weighted by atomic mass is 32.2. The van der Waals surface area contributed by atoms with Crippen LogP contribution in [0.3, 0.4) is 0 Å². The highest BCUT2D eigenvalue weighted by Gasteiger charge is 2.22. The lowest BCUT2D eigenvalue weighted by Gasteiger charge is -2.15. The Hall–Kier alpha value is -3.18. The lowest BCUT2D eigenvalue weighted by Crippen LogP contribution is -2.36. The standard InChI is InChI=1S/C16H15FN4O5S/c1-20(27(25,26)14-8-6-13(17)7-9-14)11-16(22)19-18-10-12-4-2-3-5-15(12)21(23)24/h2-10H,11H2,1H3,(H,19,22)/b18-10-. The van der Waals surface area contributed by atoms with Gasteiger partial charge in [-0.2, -0.15) is 9.41 Å². The van der Waals surface area contributed by atoms with Crippen LogP contribution in [0.2, 0.25) is 0 Å². The Bertz CT molecular complexity index is 977. The number of benzene rings is 2. The Morgan fingerprint density at radius 3 is 2.52 bits per heavy atom. The Balaban J connectivity index is 2.01. The van der Waals surface area contributed by atoms with Crippen LogP contribution in [0.25, 0.3) is 0 Å². The monoisotopic (exact) mass is 394 g/mol. The molecule has 0 fully saturated rings. The van der Waals surface area contributed by atoms with Crippen molar-refractivity contribution in [1.82, 2.24) is 9.73 Å². The summed E-state index contributed by atoms with van der Waals surface area (Å²) < 4.78 is 38.3. The lowest BCUT2D eigenvalue weighted by molar-refractivity contribution is -0.385. The maximum Gasteiger partial charge on any atom is 0.278 e.